The van der Waals surface area contributed by atoms with Crippen molar-refractivity contribution in [1.82, 2.24) is 10.2 Å². The summed E-state index contributed by atoms with van der Waals surface area (Å²) in [6.07, 6.45) is 10.6. The molecule has 0 aliphatic heterocycles. The molecule has 0 spiro atoms. The van der Waals surface area contributed by atoms with E-state index in [-0.39, 0.29) is 5.56 Å². The van der Waals surface area contributed by atoms with E-state index >= 15 is 0 Å². The number of aromatic amines is 1. The van der Waals surface area contributed by atoms with Crippen LogP contribution in [0, 0.1) is 5.92 Å². The Morgan fingerprint density at radius 1 is 1.22 bits per heavy atom. The first-order valence-electron chi connectivity index (χ1n) is 7.35. The van der Waals surface area contributed by atoms with E-state index in [2.05, 4.69) is 17.1 Å². The molecule has 100 valence electrons. The van der Waals surface area contributed by atoms with Crippen molar-refractivity contribution in [3.05, 3.63) is 28.2 Å². The molecule has 1 N–H and O–H groups in total. The SMILES string of the molecule is CCCCC[C@H]1CC[C@H](c2ccc(=O)[nH]n2)CC1. The average Bonchev–Trinajstić information content (AvgIpc) is 2.41. The zero-order valence-electron chi connectivity index (χ0n) is 11.3. The lowest BCUT2D eigenvalue weighted by Crippen LogP contribution is -2.16. The Bertz CT molecular complexity index is 385. The summed E-state index contributed by atoms with van der Waals surface area (Å²) in [6.45, 7) is 2.26. The van der Waals surface area contributed by atoms with E-state index in [4.69, 9.17) is 0 Å². The third-order valence-electron chi connectivity index (χ3n) is 4.18. The van der Waals surface area contributed by atoms with Crippen LogP contribution >= 0.6 is 0 Å². The Balaban J connectivity index is 1.79. The van der Waals surface area contributed by atoms with Crippen LogP contribution in [0.5, 0.6) is 0 Å². The molecule has 3 heteroatoms. The molecule has 1 heterocycles. The highest BCUT2D eigenvalue weighted by molar-refractivity contribution is 5.07. The normalized spacial score (nSPS) is 24.1. The summed E-state index contributed by atoms with van der Waals surface area (Å²) < 4.78 is 0. The number of rotatable bonds is 5. The maximum Gasteiger partial charge on any atom is 0.264 e. The van der Waals surface area contributed by atoms with Gasteiger partial charge in [-0.2, -0.15) is 5.10 Å². The van der Waals surface area contributed by atoms with Gasteiger partial charge in [-0.25, -0.2) is 5.10 Å². The molecule has 0 amide bonds. The summed E-state index contributed by atoms with van der Waals surface area (Å²) in [5.41, 5.74) is 0.966. The summed E-state index contributed by atoms with van der Waals surface area (Å²) in [7, 11) is 0. The van der Waals surface area contributed by atoms with Gasteiger partial charge in [-0.1, -0.05) is 32.6 Å². The zero-order valence-corrected chi connectivity index (χ0v) is 11.3. The Kier molecular flexibility index (Phi) is 4.97. The average molecular weight is 248 g/mol. The van der Waals surface area contributed by atoms with Gasteiger partial charge in [-0.05, 0) is 37.7 Å². The summed E-state index contributed by atoms with van der Waals surface area (Å²) in [5, 5.41) is 6.71. The van der Waals surface area contributed by atoms with Gasteiger partial charge in [0.1, 0.15) is 0 Å². The molecule has 0 bridgehead atoms. The molecule has 1 aliphatic rings. The standard InChI is InChI=1S/C15H24N2O/c1-2-3-4-5-12-6-8-13(9-7-12)14-10-11-15(18)17-16-14/h10-13H,2-9H2,1H3,(H,17,18)/t12-,13-. The molecule has 2 rings (SSSR count). The Morgan fingerprint density at radius 2 is 2.00 bits per heavy atom. The van der Waals surface area contributed by atoms with E-state index in [0.717, 1.165) is 11.6 Å². The number of unbranched alkanes of at least 4 members (excludes halogenated alkanes) is 2. The smallest absolute Gasteiger partial charge is 0.264 e. The summed E-state index contributed by atoms with van der Waals surface area (Å²) in [5.74, 6) is 1.49. The second-order valence-electron chi connectivity index (χ2n) is 5.56. The third kappa shape index (κ3) is 3.69. The van der Waals surface area contributed by atoms with Crippen molar-refractivity contribution in [1.29, 1.82) is 0 Å². The zero-order chi connectivity index (χ0) is 12.8. The van der Waals surface area contributed by atoms with Gasteiger partial charge < -0.3 is 0 Å². The van der Waals surface area contributed by atoms with Crippen LogP contribution in [-0.4, -0.2) is 10.2 Å². The first kappa shape index (κ1) is 13.3. The molecule has 1 aromatic heterocycles. The minimum atomic E-state index is -0.105. The molecular formula is C15H24N2O. The summed E-state index contributed by atoms with van der Waals surface area (Å²) >= 11 is 0. The lowest BCUT2D eigenvalue weighted by atomic mass is 9.78. The molecule has 18 heavy (non-hydrogen) atoms. The van der Waals surface area contributed by atoms with Crippen LogP contribution in [-0.2, 0) is 0 Å². The molecule has 1 aromatic rings. The number of aromatic nitrogens is 2. The number of nitrogens with one attached hydrogen (secondary N) is 1. The van der Waals surface area contributed by atoms with Crippen molar-refractivity contribution < 1.29 is 0 Å². The lowest BCUT2D eigenvalue weighted by Gasteiger charge is -2.27. The topological polar surface area (TPSA) is 45.8 Å². The van der Waals surface area contributed by atoms with Gasteiger partial charge in [0.15, 0.2) is 0 Å². The summed E-state index contributed by atoms with van der Waals surface area (Å²) in [4.78, 5) is 11.0. The van der Waals surface area contributed by atoms with Gasteiger partial charge in [0, 0.05) is 12.0 Å². The number of nitrogens with zero attached hydrogens (tertiary/aromatic N) is 1. The number of H-pyrrole nitrogens is 1. The Hall–Kier alpha value is -1.12. The van der Waals surface area contributed by atoms with Gasteiger partial charge in [0.25, 0.3) is 5.56 Å². The Morgan fingerprint density at radius 3 is 2.61 bits per heavy atom. The Labute approximate surface area is 109 Å². The van der Waals surface area contributed by atoms with Gasteiger partial charge in [-0.3, -0.25) is 4.79 Å². The van der Waals surface area contributed by atoms with E-state index in [9.17, 15) is 4.79 Å². The number of hydrogen-bond donors (Lipinski definition) is 1. The van der Waals surface area contributed by atoms with Crippen LogP contribution < -0.4 is 5.56 Å². The van der Waals surface area contributed by atoms with Gasteiger partial charge >= 0.3 is 0 Å². The highest BCUT2D eigenvalue weighted by Crippen LogP contribution is 2.36. The third-order valence-corrected chi connectivity index (χ3v) is 4.18. The molecule has 0 aromatic carbocycles. The maximum absolute atomic E-state index is 11.0. The molecule has 0 unspecified atom stereocenters. The van der Waals surface area contributed by atoms with Crippen molar-refractivity contribution in [3.8, 4) is 0 Å². The predicted molar refractivity (Wildman–Crippen MR) is 73.7 cm³/mol. The first-order chi connectivity index (χ1) is 8.79. The van der Waals surface area contributed by atoms with Crippen molar-refractivity contribution >= 4 is 0 Å². The predicted octanol–water partition coefficient (Wildman–Crippen LogP) is 3.62. The molecule has 1 aliphatic carbocycles. The fraction of sp³-hybridized carbons (Fsp3) is 0.733. The van der Waals surface area contributed by atoms with E-state index in [1.165, 1.54) is 51.4 Å². The molecule has 1 fully saturated rings. The second kappa shape index (κ2) is 6.72. The summed E-state index contributed by atoms with van der Waals surface area (Å²) in [6, 6.07) is 3.48. The van der Waals surface area contributed by atoms with Crippen LogP contribution in [0.1, 0.15) is 69.9 Å². The van der Waals surface area contributed by atoms with Gasteiger partial charge in [0.2, 0.25) is 0 Å². The molecule has 0 atom stereocenters. The largest absolute Gasteiger partial charge is 0.268 e. The number of hydrogen-bond acceptors (Lipinski definition) is 2. The fourth-order valence-electron chi connectivity index (χ4n) is 3.01. The monoisotopic (exact) mass is 248 g/mol. The van der Waals surface area contributed by atoms with Crippen molar-refractivity contribution in [2.24, 2.45) is 5.92 Å². The van der Waals surface area contributed by atoms with E-state index in [0.29, 0.717) is 5.92 Å². The maximum atomic E-state index is 11.0. The van der Waals surface area contributed by atoms with Crippen LogP contribution in [0.3, 0.4) is 0 Å². The van der Waals surface area contributed by atoms with Crippen LogP contribution in [0.2, 0.25) is 0 Å². The highest BCUT2D eigenvalue weighted by Gasteiger charge is 2.22. The minimum absolute atomic E-state index is 0.105. The first-order valence-corrected chi connectivity index (χ1v) is 7.35. The minimum Gasteiger partial charge on any atom is -0.268 e. The second-order valence-corrected chi connectivity index (χ2v) is 5.56. The van der Waals surface area contributed by atoms with E-state index in [1.54, 1.807) is 6.07 Å². The quantitative estimate of drug-likeness (QED) is 0.809. The van der Waals surface area contributed by atoms with E-state index < -0.39 is 0 Å². The van der Waals surface area contributed by atoms with Crippen molar-refractivity contribution in [3.63, 3.8) is 0 Å². The lowest BCUT2D eigenvalue weighted by molar-refractivity contribution is 0.299. The van der Waals surface area contributed by atoms with Gasteiger partial charge in [-0.15, -0.1) is 0 Å². The fourth-order valence-corrected chi connectivity index (χ4v) is 3.01. The van der Waals surface area contributed by atoms with Crippen molar-refractivity contribution in [2.75, 3.05) is 0 Å². The molecule has 3 nitrogen and oxygen atoms in total. The highest BCUT2D eigenvalue weighted by atomic mass is 16.1. The molecule has 0 radical (unpaired) electrons. The van der Waals surface area contributed by atoms with Crippen LogP contribution in [0.25, 0.3) is 0 Å². The molecule has 1 saturated carbocycles. The van der Waals surface area contributed by atoms with Crippen LogP contribution in [0.4, 0.5) is 0 Å². The molecule has 0 saturated heterocycles. The van der Waals surface area contributed by atoms with Crippen LogP contribution in [0.15, 0.2) is 16.9 Å². The molecular weight excluding hydrogens is 224 g/mol. The van der Waals surface area contributed by atoms with Crippen molar-refractivity contribution in [2.45, 2.75) is 64.2 Å². The van der Waals surface area contributed by atoms with Gasteiger partial charge in [0.05, 0.1) is 5.69 Å². The van der Waals surface area contributed by atoms with E-state index in [1.807, 2.05) is 6.07 Å².